The summed E-state index contributed by atoms with van der Waals surface area (Å²) in [6, 6.07) is 9.24. The lowest BCUT2D eigenvalue weighted by Gasteiger charge is -2.38. The van der Waals surface area contributed by atoms with E-state index >= 15 is 0 Å². The Morgan fingerprint density at radius 3 is 2.60 bits per heavy atom. The van der Waals surface area contributed by atoms with Crippen LogP contribution in [0.2, 0.25) is 0 Å². The summed E-state index contributed by atoms with van der Waals surface area (Å²) in [4.78, 5) is 27.7. The fraction of sp³-hybridized carbons (Fsp3) is 0.267. The number of carboxylic acids is 1. The molecule has 1 amide bonds. The van der Waals surface area contributed by atoms with Gasteiger partial charge in [0.25, 0.3) is 5.91 Å². The highest BCUT2D eigenvalue weighted by atomic mass is 16.4. The monoisotopic (exact) mass is 270 g/mol. The van der Waals surface area contributed by atoms with Crippen LogP contribution in [0.5, 0.6) is 0 Å². The van der Waals surface area contributed by atoms with Crippen molar-refractivity contribution in [2.24, 2.45) is 0 Å². The van der Waals surface area contributed by atoms with Crippen molar-refractivity contribution < 1.29 is 14.7 Å². The summed E-state index contributed by atoms with van der Waals surface area (Å²) in [5.74, 6) is -1.40. The normalized spacial score (nSPS) is 16.4. The number of carbonyl (C=O) groups excluding carboxylic acids is 1. The first-order valence-corrected chi connectivity index (χ1v) is 6.52. The summed E-state index contributed by atoms with van der Waals surface area (Å²) in [5, 5.41) is 13.5. The molecular formula is C15H14N2O3. The van der Waals surface area contributed by atoms with Crippen LogP contribution < -0.4 is 5.32 Å². The van der Waals surface area contributed by atoms with E-state index in [1.54, 1.807) is 6.20 Å². The van der Waals surface area contributed by atoms with Gasteiger partial charge in [0.1, 0.15) is 11.2 Å². The van der Waals surface area contributed by atoms with Gasteiger partial charge < -0.3 is 10.4 Å². The van der Waals surface area contributed by atoms with Gasteiger partial charge in [-0.1, -0.05) is 24.3 Å². The van der Waals surface area contributed by atoms with Crippen LogP contribution in [-0.4, -0.2) is 27.5 Å². The number of pyridine rings is 1. The average Bonchev–Trinajstić information content (AvgIpc) is 2.41. The second-order valence-electron chi connectivity index (χ2n) is 5.08. The number of hydrogen-bond donors (Lipinski definition) is 2. The van der Waals surface area contributed by atoms with Crippen molar-refractivity contribution in [3.05, 3.63) is 42.2 Å². The molecule has 1 aromatic heterocycles. The van der Waals surface area contributed by atoms with Gasteiger partial charge in [-0.3, -0.25) is 9.78 Å². The maximum Gasteiger partial charge on any atom is 0.329 e. The minimum absolute atomic E-state index is 0.274. The lowest BCUT2D eigenvalue weighted by Crippen LogP contribution is -2.59. The summed E-state index contributed by atoms with van der Waals surface area (Å²) in [6.45, 7) is 0. The number of carbonyl (C=O) groups is 2. The minimum atomic E-state index is -1.12. The molecule has 0 radical (unpaired) electrons. The van der Waals surface area contributed by atoms with Crippen LogP contribution in [0, 0.1) is 0 Å². The Labute approximate surface area is 115 Å². The van der Waals surface area contributed by atoms with E-state index in [4.69, 9.17) is 0 Å². The molecule has 1 aliphatic carbocycles. The number of rotatable bonds is 3. The number of amides is 1. The maximum absolute atomic E-state index is 12.3. The molecule has 20 heavy (non-hydrogen) atoms. The molecular weight excluding hydrogens is 256 g/mol. The third kappa shape index (κ3) is 1.91. The Bertz CT molecular complexity index is 687. The summed E-state index contributed by atoms with van der Waals surface area (Å²) >= 11 is 0. The number of nitrogens with zero attached hydrogens (tertiary/aromatic N) is 1. The molecule has 0 aliphatic heterocycles. The molecule has 5 heteroatoms. The van der Waals surface area contributed by atoms with Gasteiger partial charge in [0.2, 0.25) is 0 Å². The van der Waals surface area contributed by atoms with Crippen molar-refractivity contribution in [3.8, 4) is 0 Å². The number of fused-ring (bicyclic) bond motifs is 1. The first kappa shape index (κ1) is 12.6. The molecule has 1 aromatic carbocycles. The van der Waals surface area contributed by atoms with Crippen LogP contribution in [0.15, 0.2) is 36.5 Å². The molecule has 0 bridgehead atoms. The van der Waals surface area contributed by atoms with Crippen molar-refractivity contribution >= 4 is 22.6 Å². The zero-order valence-electron chi connectivity index (χ0n) is 10.8. The topological polar surface area (TPSA) is 79.3 Å². The Morgan fingerprint density at radius 2 is 1.95 bits per heavy atom. The van der Waals surface area contributed by atoms with Crippen molar-refractivity contribution in [2.45, 2.75) is 24.8 Å². The highest BCUT2D eigenvalue weighted by molar-refractivity contribution is 6.06. The fourth-order valence-electron chi connectivity index (χ4n) is 2.50. The Balaban J connectivity index is 1.95. The smallest absolute Gasteiger partial charge is 0.329 e. The van der Waals surface area contributed by atoms with Gasteiger partial charge in [0.05, 0.1) is 0 Å². The van der Waals surface area contributed by atoms with Crippen molar-refractivity contribution in [1.29, 1.82) is 0 Å². The minimum Gasteiger partial charge on any atom is -0.480 e. The van der Waals surface area contributed by atoms with E-state index in [2.05, 4.69) is 10.3 Å². The number of aliphatic carboxylic acids is 1. The van der Waals surface area contributed by atoms with E-state index in [9.17, 15) is 14.7 Å². The van der Waals surface area contributed by atoms with Crippen molar-refractivity contribution in [2.75, 3.05) is 0 Å². The van der Waals surface area contributed by atoms with E-state index in [1.807, 2.05) is 30.3 Å². The molecule has 3 rings (SSSR count). The quantitative estimate of drug-likeness (QED) is 0.893. The molecule has 0 spiro atoms. The van der Waals surface area contributed by atoms with E-state index in [1.165, 1.54) is 0 Å². The molecule has 5 nitrogen and oxygen atoms in total. The first-order chi connectivity index (χ1) is 9.62. The molecule has 2 N–H and O–H groups in total. The van der Waals surface area contributed by atoms with Gasteiger partial charge in [-0.15, -0.1) is 0 Å². The predicted octanol–water partition coefficient (Wildman–Crippen LogP) is 1.97. The molecule has 1 aliphatic rings. The zero-order chi connectivity index (χ0) is 14.2. The van der Waals surface area contributed by atoms with Crippen LogP contribution in [0.25, 0.3) is 10.8 Å². The largest absolute Gasteiger partial charge is 0.480 e. The molecule has 2 aromatic rings. The van der Waals surface area contributed by atoms with Crippen LogP contribution in [0.3, 0.4) is 0 Å². The number of hydrogen-bond acceptors (Lipinski definition) is 3. The number of benzene rings is 1. The average molecular weight is 270 g/mol. The van der Waals surface area contributed by atoms with Crippen molar-refractivity contribution in [3.63, 3.8) is 0 Å². The Kier molecular flexibility index (Phi) is 2.89. The fourth-order valence-corrected chi connectivity index (χ4v) is 2.50. The van der Waals surface area contributed by atoms with Crippen LogP contribution in [-0.2, 0) is 4.79 Å². The SMILES string of the molecule is O=C(NC1(C(=O)O)CCC1)c1nccc2ccccc12. The molecule has 1 fully saturated rings. The zero-order valence-corrected chi connectivity index (χ0v) is 10.8. The second kappa shape index (κ2) is 4.59. The Morgan fingerprint density at radius 1 is 1.20 bits per heavy atom. The number of aromatic nitrogens is 1. The number of nitrogens with one attached hydrogen (secondary N) is 1. The lowest BCUT2D eigenvalue weighted by atomic mass is 9.76. The van der Waals surface area contributed by atoms with Gasteiger partial charge in [-0.05, 0) is 30.7 Å². The van der Waals surface area contributed by atoms with Crippen LogP contribution in [0.1, 0.15) is 29.8 Å². The first-order valence-electron chi connectivity index (χ1n) is 6.52. The van der Waals surface area contributed by atoms with E-state index in [0.29, 0.717) is 12.8 Å². The summed E-state index contributed by atoms with van der Waals surface area (Å²) in [7, 11) is 0. The summed E-state index contributed by atoms with van der Waals surface area (Å²) in [6.07, 6.45) is 3.32. The van der Waals surface area contributed by atoms with Crippen molar-refractivity contribution in [1.82, 2.24) is 10.3 Å². The molecule has 1 saturated carbocycles. The molecule has 0 saturated heterocycles. The van der Waals surface area contributed by atoms with Gasteiger partial charge in [0, 0.05) is 11.6 Å². The summed E-state index contributed by atoms with van der Waals surface area (Å²) in [5.41, 5.74) is -0.842. The molecule has 0 atom stereocenters. The van der Waals surface area contributed by atoms with E-state index in [0.717, 1.165) is 17.2 Å². The van der Waals surface area contributed by atoms with Gasteiger partial charge in [-0.25, -0.2) is 4.79 Å². The van der Waals surface area contributed by atoms with Gasteiger partial charge in [-0.2, -0.15) is 0 Å². The van der Waals surface area contributed by atoms with Gasteiger partial charge in [0.15, 0.2) is 0 Å². The highest BCUT2D eigenvalue weighted by Crippen LogP contribution is 2.32. The maximum atomic E-state index is 12.3. The van der Waals surface area contributed by atoms with Crippen LogP contribution >= 0.6 is 0 Å². The third-order valence-electron chi connectivity index (χ3n) is 3.86. The number of carboxylic acid groups (broad SMARTS) is 1. The second-order valence-corrected chi connectivity index (χ2v) is 5.08. The lowest BCUT2D eigenvalue weighted by molar-refractivity contribution is -0.148. The standard InChI is InChI=1S/C15H14N2O3/c18-13(17-15(14(19)20)7-3-8-15)12-11-5-2-1-4-10(11)6-9-16-12/h1-2,4-6,9H,3,7-8H2,(H,17,18)(H,19,20). The van der Waals surface area contributed by atoms with Crippen LogP contribution in [0.4, 0.5) is 0 Å². The van der Waals surface area contributed by atoms with E-state index < -0.39 is 17.4 Å². The highest BCUT2D eigenvalue weighted by Gasteiger charge is 2.46. The van der Waals surface area contributed by atoms with Gasteiger partial charge >= 0.3 is 5.97 Å². The molecule has 102 valence electrons. The molecule has 1 heterocycles. The Hall–Kier alpha value is -2.43. The molecule has 0 unspecified atom stereocenters. The predicted molar refractivity (Wildman–Crippen MR) is 73.4 cm³/mol. The summed E-state index contributed by atoms with van der Waals surface area (Å²) < 4.78 is 0. The third-order valence-corrected chi connectivity index (χ3v) is 3.86. The van der Waals surface area contributed by atoms with E-state index in [-0.39, 0.29) is 5.69 Å².